The maximum Gasteiger partial charge on any atom is 0.226 e. The van der Waals surface area contributed by atoms with E-state index in [1.807, 2.05) is 20.8 Å². The molecule has 1 rings (SSSR count). The van der Waals surface area contributed by atoms with Gasteiger partial charge >= 0.3 is 0 Å². The van der Waals surface area contributed by atoms with Crippen molar-refractivity contribution in [2.24, 2.45) is 5.41 Å². The minimum atomic E-state index is -0.126. The summed E-state index contributed by atoms with van der Waals surface area (Å²) < 4.78 is 0. The molecular weight excluding hydrogens is 188 g/mol. The van der Waals surface area contributed by atoms with Crippen LogP contribution < -0.4 is 10.6 Å². The summed E-state index contributed by atoms with van der Waals surface area (Å²) in [7, 11) is 0. The monoisotopic (exact) mass is 212 g/mol. The van der Waals surface area contributed by atoms with Gasteiger partial charge in [-0.05, 0) is 53.1 Å². The van der Waals surface area contributed by atoms with E-state index in [-0.39, 0.29) is 16.9 Å². The normalized spacial score (nSPS) is 21.1. The molecular formula is C12H24N2O. The number of amides is 1. The molecule has 0 saturated carbocycles. The molecule has 1 aliphatic heterocycles. The fraction of sp³-hybridized carbons (Fsp3) is 0.917. The summed E-state index contributed by atoms with van der Waals surface area (Å²) in [5.41, 5.74) is -0.247. The van der Waals surface area contributed by atoms with Crippen molar-refractivity contribution in [2.45, 2.75) is 52.5 Å². The van der Waals surface area contributed by atoms with Crippen LogP contribution >= 0.6 is 0 Å². The van der Waals surface area contributed by atoms with E-state index in [1.165, 1.54) is 0 Å². The molecule has 1 amide bonds. The molecule has 0 atom stereocenters. The van der Waals surface area contributed by atoms with Crippen LogP contribution in [0.2, 0.25) is 0 Å². The Labute approximate surface area is 93.0 Å². The van der Waals surface area contributed by atoms with Crippen LogP contribution in [-0.2, 0) is 4.79 Å². The highest BCUT2D eigenvalue weighted by molar-refractivity contribution is 5.83. The summed E-state index contributed by atoms with van der Waals surface area (Å²) in [6.07, 6.45) is 2.87. The van der Waals surface area contributed by atoms with Crippen LogP contribution in [0.4, 0.5) is 0 Å². The smallest absolute Gasteiger partial charge is 0.226 e. The Kier molecular flexibility index (Phi) is 3.77. The van der Waals surface area contributed by atoms with Gasteiger partial charge in [0.15, 0.2) is 0 Å². The van der Waals surface area contributed by atoms with Gasteiger partial charge in [-0.2, -0.15) is 0 Å². The van der Waals surface area contributed by atoms with Gasteiger partial charge in [-0.1, -0.05) is 6.92 Å². The summed E-state index contributed by atoms with van der Waals surface area (Å²) in [6.45, 7) is 10.2. The van der Waals surface area contributed by atoms with Crippen LogP contribution in [0.5, 0.6) is 0 Å². The average molecular weight is 212 g/mol. The molecule has 1 aliphatic rings. The van der Waals surface area contributed by atoms with E-state index in [2.05, 4.69) is 17.6 Å². The van der Waals surface area contributed by atoms with Crippen molar-refractivity contribution in [1.82, 2.24) is 10.6 Å². The Hall–Kier alpha value is -0.570. The van der Waals surface area contributed by atoms with Gasteiger partial charge in [-0.3, -0.25) is 4.79 Å². The SMILES string of the molecule is CCC1(C(=O)NC(C)(C)C)CCNCC1. The van der Waals surface area contributed by atoms with Crippen LogP contribution in [0.3, 0.4) is 0 Å². The molecule has 0 spiro atoms. The number of rotatable bonds is 2. The molecule has 0 aromatic heterocycles. The molecule has 1 heterocycles. The summed E-state index contributed by atoms with van der Waals surface area (Å²) in [5, 5.41) is 6.43. The topological polar surface area (TPSA) is 41.1 Å². The second-order valence-corrected chi connectivity index (χ2v) is 5.59. The van der Waals surface area contributed by atoms with Gasteiger partial charge in [-0.15, -0.1) is 0 Å². The van der Waals surface area contributed by atoms with E-state index in [4.69, 9.17) is 0 Å². The van der Waals surface area contributed by atoms with Crippen LogP contribution in [0.1, 0.15) is 47.0 Å². The minimum Gasteiger partial charge on any atom is -0.351 e. The molecule has 0 unspecified atom stereocenters. The van der Waals surface area contributed by atoms with Gasteiger partial charge in [0.2, 0.25) is 5.91 Å². The Morgan fingerprint density at radius 3 is 2.27 bits per heavy atom. The van der Waals surface area contributed by atoms with E-state index < -0.39 is 0 Å². The van der Waals surface area contributed by atoms with Gasteiger partial charge in [0.1, 0.15) is 0 Å². The lowest BCUT2D eigenvalue weighted by molar-refractivity contribution is -0.134. The third kappa shape index (κ3) is 3.20. The summed E-state index contributed by atoms with van der Waals surface area (Å²) in [4.78, 5) is 12.2. The number of hydrogen-bond acceptors (Lipinski definition) is 2. The molecule has 3 heteroatoms. The third-order valence-corrected chi connectivity index (χ3v) is 3.21. The largest absolute Gasteiger partial charge is 0.351 e. The molecule has 1 fully saturated rings. The lowest BCUT2D eigenvalue weighted by Crippen LogP contribution is -2.52. The van der Waals surface area contributed by atoms with Crippen molar-refractivity contribution in [2.75, 3.05) is 13.1 Å². The molecule has 2 N–H and O–H groups in total. The van der Waals surface area contributed by atoms with Crippen molar-refractivity contribution in [3.8, 4) is 0 Å². The second-order valence-electron chi connectivity index (χ2n) is 5.59. The number of nitrogens with one attached hydrogen (secondary N) is 2. The minimum absolute atomic E-state index is 0.121. The molecule has 0 aromatic carbocycles. The fourth-order valence-corrected chi connectivity index (χ4v) is 2.12. The summed E-state index contributed by atoms with van der Waals surface area (Å²) in [6, 6.07) is 0. The zero-order valence-electron chi connectivity index (χ0n) is 10.4. The van der Waals surface area contributed by atoms with Crippen molar-refractivity contribution >= 4 is 5.91 Å². The predicted molar refractivity (Wildman–Crippen MR) is 62.7 cm³/mol. The van der Waals surface area contributed by atoms with E-state index >= 15 is 0 Å². The Bertz CT molecular complexity index is 224. The molecule has 15 heavy (non-hydrogen) atoms. The van der Waals surface area contributed by atoms with Gasteiger partial charge in [0.25, 0.3) is 0 Å². The van der Waals surface area contributed by atoms with Crippen molar-refractivity contribution in [1.29, 1.82) is 0 Å². The van der Waals surface area contributed by atoms with E-state index in [1.54, 1.807) is 0 Å². The number of carbonyl (C=O) groups excluding carboxylic acids is 1. The fourth-order valence-electron chi connectivity index (χ4n) is 2.12. The van der Waals surface area contributed by atoms with Gasteiger partial charge in [-0.25, -0.2) is 0 Å². The zero-order chi connectivity index (χ0) is 11.5. The van der Waals surface area contributed by atoms with Crippen LogP contribution in [0.15, 0.2) is 0 Å². The Morgan fingerprint density at radius 2 is 1.87 bits per heavy atom. The average Bonchev–Trinajstić information content (AvgIpc) is 2.16. The quantitative estimate of drug-likeness (QED) is 0.731. The molecule has 0 bridgehead atoms. The number of piperidine rings is 1. The maximum absolute atomic E-state index is 12.2. The molecule has 3 nitrogen and oxygen atoms in total. The van der Waals surface area contributed by atoms with Gasteiger partial charge < -0.3 is 10.6 Å². The molecule has 0 aliphatic carbocycles. The van der Waals surface area contributed by atoms with E-state index in [9.17, 15) is 4.79 Å². The highest BCUT2D eigenvalue weighted by Gasteiger charge is 2.38. The molecule has 0 aromatic rings. The first-order valence-corrected chi connectivity index (χ1v) is 5.93. The van der Waals surface area contributed by atoms with Crippen molar-refractivity contribution in [3.63, 3.8) is 0 Å². The molecule has 1 saturated heterocycles. The van der Waals surface area contributed by atoms with Gasteiger partial charge in [0.05, 0.1) is 5.41 Å². The maximum atomic E-state index is 12.2. The highest BCUT2D eigenvalue weighted by atomic mass is 16.2. The Balaban J connectivity index is 2.68. The number of hydrogen-bond donors (Lipinski definition) is 2. The standard InChI is InChI=1S/C12H24N2O/c1-5-12(6-8-13-9-7-12)10(15)14-11(2,3)4/h13H,5-9H2,1-4H3,(H,14,15). The van der Waals surface area contributed by atoms with Crippen LogP contribution in [0.25, 0.3) is 0 Å². The second kappa shape index (κ2) is 4.52. The van der Waals surface area contributed by atoms with Gasteiger partial charge in [0, 0.05) is 5.54 Å². The Morgan fingerprint density at radius 1 is 1.33 bits per heavy atom. The van der Waals surface area contributed by atoms with Crippen LogP contribution in [-0.4, -0.2) is 24.5 Å². The molecule has 88 valence electrons. The lowest BCUT2D eigenvalue weighted by Gasteiger charge is -2.37. The summed E-state index contributed by atoms with van der Waals surface area (Å²) >= 11 is 0. The van der Waals surface area contributed by atoms with E-state index in [0.717, 1.165) is 32.4 Å². The first-order valence-electron chi connectivity index (χ1n) is 5.93. The third-order valence-electron chi connectivity index (χ3n) is 3.21. The number of carbonyl (C=O) groups is 1. The van der Waals surface area contributed by atoms with Crippen molar-refractivity contribution < 1.29 is 4.79 Å². The lowest BCUT2D eigenvalue weighted by atomic mass is 9.75. The van der Waals surface area contributed by atoms with Crippen molar-refractivity contribution in [3.05, 3.63) is 0 Å². The highest BCUT2D eigenvalue weighted by Crippen LogP contribution is 2.33. The van der Waals surface area contributed by atoms with Crippen LogP contribution in [0, 0.1) is 5.41 Å². The molecule has 0 radical (unpaired) electrons. The zero-order valence-corrected chi connectivity index (χ0v) is 10.4. The summed E-state index contributed by atoms with van der Waals surface area (Å²) in [5.74, 6) is 0.235. The first-order chi connectivity index (χ1) is 6.90. The predicted octanol–water partition coefficient (Wildman–Crippen LogP) is 1.68. The first kappa shape index (κ1) is 12.5. The van der Waals surface area contributed by atoms with E-state index in [0.29, 0.717) is 0 Å².